The lowest BCUT2D eigenvalue weighted by Gasteiger charge is -2.43. The van der Waals surface area contributed by atoms with Gasteiger partial charge in [-0.1, -0.05) is 0 Å². The highest BCUT2D eigenvalue weighted by Gasteiger charge is 2.43. The lowest BCUT2D eigenvalue weighted by Crippen LogP contribution is -2.51. The summed E-state index contributed by atoms with van der Waals surface area (Å²) in [5, 5.41) is 2.63. The Kier molecular flexibility index (Phi) is 8.23. The Balaban J connectivity index is 1.62. The van der Waals surface area contributed by atoms with E-state index in [1.165, 1.54) is 14.0 Å². The third kappa shape index (κ3) is 6.19. The number of thioether (sulfide) groups is 1. The maximum atomic E-state index is 12.7. The first kappa shape index (κ1) is 24.9. The van der Waals surface area contributed by atoms with Crippen molar-refractivity contribution in [2.75, 3.05) is 38.8 Å². The van der Waals surface area contributed by atoms with Gasteiger partial charge in [0.15, 0.2) is 12.4 Å². The van der Waals surface area contributed by atoms with Gasteiger partial charge in [-0.3, -0.25) is 14.4 Å². The molecule has 1 fully saturated rings. The fourth-order valence-electron chi connectivity index (χ4n) is 4.08. The predicted octanol–water partition coefficient (Wildman–Crippen LogP) is 1.82. The average molecular weight is 479 g/mol. The molecular formula is C23H30N2O7S. The van der Waals surface area contributed by atoms with Crippen molar-refractivity contribution in [1.29, 1.82) is 0 Å². The molecule has 3 rings (SSSR count). The molecule has 1 saturated heterocycles. The van der Waals surface area contributed by atoms with Crippen molar-refractivity contribution >= 4 is 35.3 Å². The number of likely N-dealkylation sites (tertiary alicyclic amines) is 1. The van der Waals surface area contributed by atoms with Crippen LogP contribution < -0.4 is 14.8 Å². The number of nitrogens with one attached hydrogen (secondary N) is 1. The monoisotopic (exact) mass is 478 g/mol. The van der Waals surface area contributed by atoms with Crippen LogP contribution in [-0.2, 0) is 19.1 Å². The van der Waals surface area contributed by atoms with Gasteiger partial charge in [0.05, 0.1) is 19.1 Å². The van der Waals surface area contributed by atoms with Gasteiger partial charge in [-0.2, -0.15) is 11.8 Å². The van der Waals surface area contributed by atoms with Gasteiger partial charge in [0.2, 0.25) is 5.91 Å². The number of ketones is 1. The third-order valence-corrected chi connectivity index (χ3v) is 6.63. The zero-order chi connectivity index (χ0) is 24.0. The van der Waals surface area contributed by atoms with Crippen molar-refractivity contribution in [3.8, 4) is 11.5 Å². The summed E-state index contributed by atoms with van der Waals surface area (Å²) >= 11 is 1.57. The van der Waals surface area contributed by atoms with Gasteiger partial charge in [-0.25, -0.2) is 4.79 Å². The van der Waals surface area contributed by atoms with Crippen molar-refractivity contribution in [2.24, 2.45) is 0 Å². The molecule has 0 radical (unpaired) electrons. The second-order valence-electron chi connectivity index (χ2n) is 8.26. The quantitative estimate of drug-likeness (QED) is 0.564. The number of benzene rings is 1. The Hall–Kier alpha value is -2.75. The van der Waals surface area contributed by atoms with E-state index in [0.29, 0.717) is 55.2 Å². The highest BCUT2D eigenvalue weighted by molar-refractivity contribution is 7.98. The highest BCUT2D eigenvalue weighted by atomic mass is 32.2. The molecule has 180 valence electrons. The molecule has 0 saturated carbocycles. The molecule has 1 N–H and O–H groups in total. The molecule has 1 atom stereocenters. The van der Waals surface area contributed by atoms with Gasteiger partial charge in [-0.15, -0.1) is 0 Å². The van der Waals surface area contributed by atoms with E-state index in [4.69, 9.17) is 14.2 Å². The number of amides is 2. The molecule has 1 aromatic rings. The van der Waals surface area contributed by atoms with Crippen LogP contribution in [0.25, 0.3) is 0 Å². The average Bonchev–Trinajstić information content (AvgIpc) is 2.79. The van der Waals surface area contributed by atoms with E-state index in [2.05, 4.69) is 5.32 Å². The number of nitrogens with zero attached hydrogens (tertiary/aromatic N) is 1. The lowest BCUT2D eigenvalue weighted by molar-refractivity contribution is -0.145. The first-order chi connectivity index (χ1) is 15.8. The number of esters is 1. The van der Waals surface area contributed by atoms with E-state index in [-0.39, 0.29) is 24.7 Å². The Labute approximate surface area is 197 Å². The minimum Gasteiger partial charge on any atom is -0.486 e. The molecule has 10 heteroatoms. The summed E-state index contributed by atoms with van der Waals surface area (Å²) in [6, 6.07) is 4.14. The Morgan fingerprint density at radius 3 is 2.64 bits per heavy atom. The molecule has 0 aromatic heterocycles. The number of fused-ring (bicyclic) bond motifs is 1. The summed E-state index contributed by atoms with van der Waals surface area (Å²) in [4.78, 5) is 50.3. The van der Waals surface area contributed by atoms with Crippen LogP contribution in [0, 0.1) is 0 Å². The van der Waals surface area contributed by atoms with Gasteiger partial charge in [0, 0.05) is 38.9 Å². The minimum atomic E-state index is -0.733. The Morgan fingerprint density at radius 1 is 1.27 bits per heavy atom. The smallest absolute Gasteiger partial charge is 0.328 e. The molecule has 1 spiro atoms. The zero-order valence-electron chi connectivity index (χ0n) is 19.2. The van der Waals surface area contributed by atoms with E-state index in [1.807, 2.05) is 6.26 Å². The number of rotatable bonds is 8. The van der Waals surface area contributed by atoms with Crippen LogP contribution in [0.15, 0.2) is 18.2 Å². The molecule has 2 heterocycles. The van der Waals surface area contributed by atoms with Crippen LogP contribution in [-0.4, -0.2) is 78.9 Å². The number of ether oxygens (including phenoxy) is 3. The number of Topliss-reactive ketones (excluding diaryl/α,β-unsaturated/α-hetero) is 1. The van der Waals surface area contributed by atoms with Crippen molar-refractivity contribution in [3.63, 3.8) is 0 Å². The normalized spacial score (nSPS) is 17.5. The van der Waals surface area contributed by atoms with Gasteiger partial charge in [0.1, 0.15) is 23.1 Å². The summed E-state index contributed by atoms with van der Waals surface area (Å²) < 4.78 is 16.6. The van der Waals surface area contributed by atoms with E-state index >= 15 is 0 Å². The predicted molar refractivity (Wildman–Crippen MR) is 123 cm³/mol. The van der Waals surface area contributed by atoms with Crippen molar-refractivity contribution in [3.05, 3.63) is 23.8 Å². The number of piperidine rings is 1. The molecule has 1 aromatic carbocycles. The maximum Gasteiger partial charge on any atom is 0.328 e. The van der Waals surface area contributed by atoms with Gasteiger partial charge < -0.3 is 24.4 Å². The van der Waals surface area contributed by atoms with E-state index in [0.717, 1.165) is 0 Å². The van der Waals surface area contributed by atoms with Crippen molar-refractivity contribution < 1.29 is 33.4 Å². The van der Waals surface area contributed by atoms with Crippen molar-refractivity contribution in [2.45, 2.75) is 44.2 Å². The van der Waals surface area contributed by atoms with Gasteiger partial charge in [-0.05, 0) is 30.6 Å². The molecule has 1 unspecified atom stereocenters. The third-order valence-electron chi connectivity index (χ3n) is 5.98. The second-order valence-corrected chi connectivity index (χ2v) is 9.25. The van der Waals surface area contributed by atoms with Crippen molar-refractivity contribution in [1.82, 2.24) is 10.2 Å². The fourth-order valence-corrected chi connectivity index (χ4v) is 4.56. The van der Waals surface area contributed by atoms with Crippen LogP contribution in [0.3, 0.4) is 0 Å². The van der Waals surface area contributed by atoms with E-state index in [9.17, 15) is 19.2 Å². The topological polar surface area (TPSA) is 111 Å². The summed E-state index contributed by atoms with van der Waals surface area (Å²) in [5.74, 6) is 0.564. The molecule has 33 heavy (non-hydrogen) atoms. The lowest BCUT2D eigenvalue weighted by atomic mass is 9.82. The fraction of sp³-hybridized carbons (Fsp3) is 0.565. The standard InChI is InChI=1S/C23H30N2O7S/c1-15(26)25-9-7-23(8-10-25)13-19(27)17-5-4-16(12-20(17)32-23)31-14-21(28)24-18(6-11-33-3)22(29)30-2/h4-5,12,18H,6-11,13-14H2,1-3H3,(H,24,28). The number of hydrogen-bond donors (Lipinski definition) is 1. The molecule has 2 aliphatic rings. The zero-order valence-corrected chi connectivity index (χ0v) is 20.0. The van der Waals surface area contributed by atoms with Crippen LogP contribution >= 0.6 is 11.8 Å². The number of methoxy groups -OCH3 is 1. The maximum absolute atomic E-state index is 12.7. The first-order valence-corrected chi connectivity index (χ1v) is 12.3. The SMILES string of the molecule is COC(=O)C(CCSC)NC(=O)COc1ccc2c(c1)OC1(CCN(C(C)=O)CC1)CC2=O. The van der Waals surface area contributed by atoms with Gasteiger partial charge >= 0.3 is 5.97 Å². The molecule has 2 amide bonds. The summed E-state index contributed by atoms with van der Waals surface area (Å²) in [6.07, 6.45) is 3.81. The molecule has 9 nitrogen and oxygen atoms in total. The van der Waals surface area contributed by atoms with Crippen LogP contribution in [0.5, 0.6) is 11.5 Å². The second kappa shape index (κ2) is 10.9. The first-order valence-electron chi connectivity index (χ1n) is 10.9. The highest BCUT2D eigenvalue weighted by Crippen LogP contribution is 2.40. The van der Waals surface area contributed by atoms with Gasteiger partial charge in [0.25, 0.3) is 5.91 Å². The molecular weight excluding hydrogens is 448 g/mol. The molecule has 0 aliphatic carbocycles. The minimum absolute atomic E-state index is 0.00784. The van der Waals surface area contributed by atoms with Crippen LogP contribution in [0.2, 0.25) is 0 Å². The molecule has 0 bridgehead atoms. The summed E-state index contributed by atoms with van der Waals surface area (Å²) in [7, 11) is 1.28. The molecule has 2 aliphatic heterocycles. The Morgan fingerprint density at radius 2 is 2.00 bits per heavy atom. The number of hydrogen-bond acceptors (Lipinski definition) is 8. The summed E-state index contributed by atoms with van der Waals surface area (Å²) in [6.45, 7) is 2.34. The van der Waals surface area contributed by atoms with Crippen LogP contribution in [0.4, 0.5) is 0 Å². The number of carbonyl (C=O) groups is 4. The largest absolute Gasteiger partial charge is 0.486 e. The summed E-state index contributed by atoms with van der Waals surface area (Å²) in [5.41, 5.74) is -0.147. The van der Waals surface area contributed by atoms with Crippen LogP contribution in [0.1, 0.15) is 43.0 Å². The Bertz CT molecular complexity index is 912. The number of carbonyl (C=O) groups excluding carboxylic acids is 4. The van der Waals surface area contributed by atoms with E-state index < -0.39 is 23.5 Å². The van der Waals surface area contributed by atoms with E-state index in [1.54, 1.807) is 34.9 Å².